The lowest BCUT2D eigenvalue weighted by Crippen LogP contribution is -2.34. The van der Waals surface area contributed by atoms with Crippen molar-refractivity contribution in [2.24, 2.45) is 13.0 Å². The van der Waals surface area contributed by atoms with Gasteiger partial charge in [0.1, 0.15) is 0 Å². The number of nitrogens with zero attached hydrogens (tertiary/aromatic N) is 5. The van der Waals surface area contributed by atoms with Crippen LogP contribution in [0.1, 0.15) is 12.0 Å². The Morgan fingerprint density at radius 3 is 3.04 bits per heavy atom. The van der Waals surface area contributed by atoms with Gasteiger partial charge in [0.05, 0.1) is 0 Å². The van der Waals surface area contributed by atoms with Crippen LogP contribution in [0.3, 0.4) is 0 Å². The maximum atomic E-state index is 12.3. The number of aromatic nitrogens is 3. The van der Waals surface area contributed by atoms with Crippen LogP contribution in [0.15, 0.2) is 36.8 Å². The molecule has 0 spiro atoms. The molecule has 1 aliphatic heterocycles. The lowest BCUT2D eigenvalue weighted by atomic mass is 10.1. The van der Waals surface area contributed by atoms with Crippen molar-refractivity contribution in [1.29, 1.82) is 0 Å². The SMILES string of the molecule is CN(Cc1cccnc1)CC1CCN(C(=O)Nc2ccn(C)n2)C1. The number of amides is 2. The van der Waals surface area contributed by atoms with E-state index in [1.807, 2.05) is 30.4 Å². The van der Waals surface area contributed by atoms with Gasteiger partial charge in [-0.25, -0.2) is 4.79 Å². The normalized spacial score (nSPS) is 17.5. The van der Waals surface area contributed by atoms with Crippen LogP contribution < -0.4 is 5.32 Å². The minimum Gasteiger partial charge on any atom is -0.324 e. The number of hydrogen-bond acceptors (Lipinski definition) is 4. The lowest BCUT2D eigenvalue weighted by molar-refractivity contribution is 0.216. The number of anilines is 1. The fraction of sp³-hybridized carbons (Fsp3) is 0.471. The Kier molecular flexibility index (Phi) is 5.10. The minimum absolute atomic E-state index is 0.0638. The molecule has 1 N–H and O–H groups in total. The summed E-state index contributed by atoms with van der Waals surface area (Å²) in [7, 11) is 3.95. The fourth-order valence-electron chi connectivity index (χ4n) is 3.15. The molecule has 0 saturated carbocycles. The van der Waals surface area contributed by atoms with Gasteiger partial charge in [0.15, 0.2) is 5.82 Å². The summed E-state index contributed by atoms with van der Waals surface area (Å²) in [6.45, 7) is 3.44. The van der Waals surface area contributed by atoms with Gasteiger partial charge in [-0.05, 0) is 31.0 Å². The van der Waals surface area contributed by atoms with Crippen LogP contribution >= 0.6 is 0 Å². The molecular weight excluding hydrogens is 304 g/mol. The van der Waals surface area contributed by atoms with Gasteiger partial charge in [-0.15, -0.1) is 0 Å². The summed E-state index contributed by atoms with van der Waals surface area (Å²) in [5.41, 5.74) is 1.21. The first kappa shape index (κ1) is 16.4. The molecular formula is C17H24N6O. The van der Waals surface area contributed by atoms with Gasteiger partial charge in [0, 0.05) is 57.9 Å². The Labute approximate surface area is 142 Å². The molecule has 2 aromatic heterocycles. The Morgan fingerprint density at radius 1 is 1.46 bits per heavy atom. The molecule has 24 heavy (non-hydrogen) atoms. The molecule has 1 atom stereocenters. The van der Waals surface area contributed by atoms with E-state index in [1.165, 1.54) is 5.56 Å². The van der Waals surface area contributed by atoms with E-state index >= 15 is 0 Å². The molecule has 1 aliphatic rings. The number of rotatable bonds is 5. The predicted octanol–water partition coefficient (Wildman–Crippen LogP) is 1.80. The second-order valence-corrected chi connectivity index (χ2v) is 6.46. The van der Waals surface area contributed by atoms with Gasteiger partial charge < -0.3 is 9.80 Å². The number of carbonyl (C=O) groups excluding carboxylic acids is 1. The number of nitrogens with one attached hydrogen (secondary N) is 1. The standard InChI is InChI=1S/C17H24N6O/c1-21(11-14-4-3-7-18-10-14)12-15-5-9-23(13-15)17(24)19-16-6-8-22(2)20-16/h3-4,6-8,10,15H,5,9,11-13H2,1-2H3,(H,19,20,24). The molecule has 0 aromatic carbocycles. The van der Waals surface area contributed by atoms with Crippen LogP contribution in [-0.4, -0.2) is 57.3 Å². The van der Waals surface area contributed by atoms with Gasteiger partial charge in [-0.1, -0.05) is 6.07 Å². The predicted molar refractivity (Wildman–Crippen MR) is 92.5 cm³/mol. The zero-order valence-electron chi connectivity index (χ0n) is 14.2. The highest BCUT2D eigenvalue weighted by molar-refractivity contribution is 5.88. The topological polar surface area (TPSA) is 66.3 Å². The van der Waals surface area contributed by atoms with Crippen molar-refractivity contribution in [2.45, 2.75) is 13.0 Å². The Bertz CT molecular complexity index is 671. The molecule has 3 rings (SSSR count). The number of aryl methyl sites for hydroxylation is 1. The summed E-state index contributed by atoms with van der Waals surface area (Å²) in [6, 6.07) is 5.78. The van der Waals surface area contributed by atoms with E-state index < -0.39 is 0 Å². The van der Waals surface area contributed by atoms with Crippen molar-refractivity contribution in [2.75, 3.05) is 32.0 Å². The van der Waals surface area contributed by atoms with E-state index in [9.17, 15) is 4.79 Å². The molecule has 2 amide bonds. The van der Waals surface area contributed by atoms with Crippen LogP contribution in [0, 0.1) is 5.92 Å². The summed E-state index contributed by atoms with van der Waals surface area (Å²) in [6.07, 6.45) is 6.54. The zero-order valence-corrected chi connectivity index (χ0v) is 14.2. The Balaban J connectivity index is 1.45. The first-order chi connectivity index (χ1) is 11.6. The smallest absolute Gasteiger partial charge is 0.323 e. The van der Waals surface area contributed by atoms with Crippen LogP contribution in [0.2, 0.25) is 0 Å². The van der Waals surface area contributed by atoms with Crippen LogP contribution in [-0.2, 0) is 13.6 Å². The second kappa shape index (κ2) is 7.44. The largest absolute Gasteiger partial charge is 0.324 e. The number of hydrogen-bond donors (Lipinski definition) is 1. The molecule has 7 nitrogen and oxygen atoms in total. The van der Waals surface area contributed by atoms with Crippen molar-refractivity contribution in [3.63, 3.8) is 0 Å². The Morgan fingerprint density at radius 2 is 2.33 bits per heavy atom. The number of carbonyl (C=O) groups is 1. The summed E-state index contributed by atoms with van der Waals surface area (Å²) in [5.74, 6) is 1.10. The summed E-state index contributed by atoms with van der Waals surface area (Å²) < 4.78 is 1.68. The lowest BCUT2D eigenvalue weighted by Gasteiger charge is -2.21. The molecule has 0 radical (unpaired) electrons. The first-order valence-corrected chi connectivity index (χ1v) is 8.23. The van der Waals surface area contributed by atoms with Crippen molar-refractivity contribution < 1.29 is 4.79 Å². The second-order valence-electron chi connectivity index (χ2n) is 6.46. The van der Waals surface area contributed by atoms with Gasteiger partial charge in [0.25, 0.3) is 0 Å². The third-order valence-electron chi connectivity index (χ3n) is 4.27. The van der Waals surface area contributed by atoms with Crippen molar-refractivity contribution in [1.82, 2.24) is 24.6 Å². The molecule has 0 aliphatic carbocycles. The number of urea groups is 1. The Hall–Kier alpha value is -2.41. The van der Waals surface area contributed by atoms with Gasteiger partial charge in [-0.2, -0.15) is 5.10 Å². The van der Waals surface area contributed by atoms with Gasteiger partial charge in [-0.3, -0.25) is 15.0 Å². The monoisotopic (exact) mass is 328 g/mol. The van der Waals surface area contributed by atoms with Crippen LogP contribution in [0.4, 0.5) is 10.6 Å². The van der Waals surface area contributed by atoms with Crippen molar-refractivity contribution in [3.05, 3.63) is 42.4 Å². The quantitative estimate of drug-likeness (QED) is 0.909. The highest BCUT2D eigenvalue weighted by atomic mass is 16.2. The van der Waals surface area contributed by atoms with Gasteiger partial charge in [0.2, 0.25) is 0 Å². The molecule has 0 bridgehead atoms. The number of pyridine rings is 1. The molecule has 7 heteroatoms. The summed E-state index contributed by atoms with van der Waals surface area (Å²) in [4.78, 5) is 20.6. The molecule has 1 saturated heterocycles. The van der Waals surface area contributed by atoms with Crippen molar-refractivity contribution >= 4 is 11.8 Å². The van der Waals surface area contributed by atoms with E-state index in [1.54, 1.807) is 16.9 Å². The third kappa shape index (κ3) is 4.32. The minimum atomic E-state index is -0.0638. The molecule has 1 fully saturated rings. The van der Waals surface area contributed by atoms with Crippen LogP contribution in [0.5, 0.6) is 0 Å². The average molecular weight is 328 g/mol. The first-order valence-electron chi connectivity index (χ1n) is 8.23. The number of likely N-dealkylation sites (tertiary alicyclic amines) is 1. The molecule has 1 unspecified atom stereocenters. The molecule has 128 valence electrons. The highest BCUT2D eigenvalue weighted by Gasteiger charge is 2.27. The average Bonchev–Trinajstić information content (AvgIpc) is 3.17. The van der Waals surface area contributed by atoms with Crippen molar-refractivity contribution in [3.8, 4) is 0 Å². The van der Waals surface area contributed by atoms with Gasteiger partial charge >= 0.3 is 6.03 Å². The van der Waals surface area contributed by atoms with E-state index in [0.29, 0.717) is 11.7 Å². The summed E-state index contributed by atoms with van der Waals surface area (Å²) in [5, 5.41) is 7.03. The maximum absolute atomic E-state index is 12.3. The van der Waals surface area contributed by atoms with Crippen LogP contribution in [0.25, 0.3) is 0 Å². The zero-order chi connectivity index (χ0) is 16.9. The molecule has 2 aromatic rings. The summed E-state index contributed by atoms with van der Waals surface area (Å²) >= 11 is 0. The molecule has 3 heterocycles. The third-order valence-corrected chi connectivity index (χ3v) is 4.27. The van der Waals surface area contributed by atoms with E-state index in [2.05, 4.69) is 33.4 Å². The van der Waals surface area contributed by atoms with E-state index in [4.69, 9.17) is 0 Å². The fourth-order valence-corrected chi connectivity index (χ4v) is 3.15. The van der Waals surface area contributed by atoms with E-state index in [0.717, 1.165) is 32.6 Å². The maximum Gasteiger partial charge on any atom is 0.323 e. The highest BCUT2D eigenvalue weighted by Crippen LogP contribution is 2.19. The van der Waals surface area contributed by atoms with E-state index in [-0.39, 0.29) is 6.03 Å².